The van der Waals surface area contributed by atoms with E-state index in [1.807, 2.05) is 4.72 Å². The third kappa shape index (κ3) is 2.90. The first-order chi connectivity index (χ1) is 8.49. The fourth-order valence-corrected chi connectivity index (χ4v) is 3.43. The van der Waals surface area contributed by atoms with Crippen LogP contribution in [0.3, 0.4) is 0 Å². The van der Waals surface area contributed by atoms with Crippen molar-refractivity contribution in [3.05, 3.63) is 52.4 Å². The van der Waals surface area contributed by atoms with Gasteiger partial charge in [0.15, 0.2) is 0 Å². The van der Waals surface area contributed by atoms with Crippen LogP contribution in [0.5, 0.6) is 0 Å². The minimum absolute atomic E-state index is 0.0953. The molecule has 0 saturated heterocycles. The molecule has 4 nitrogen and oxygen atoms in total. The van der Waals surface area contributed by atoms with Gasteiger partial charge in [-0.15, -0.1) is 11.3 Å². The number of amides is 1. The van der Waals surface area contributed by atoms with Crippen molar-refractivity contribution in [2.45, 2.75) is 4.21 Å². The molecule has 1 heterocycles. The first-order valence-electron chi connectivity index (χ1n) is 4.85. The van der Waals surface area contributed by atoms with E-state index < -0.39 is 15.9 Å². The van der Waals surface area contributed by atoms with Gasteiger partial charge in [0.1, 0.15) is 4.21 Å². The molecule has 0 spiro atoms. The number of carbonyl (C=O) groups is 1. The van der Waals surface area contributed by atoms with E-state index in [1.165, 1.54) is 18.2 Å². The minimum Gasteiger partial charge on any atom is -0.268 e. The Hall–Kier alpha value is -1.37. The Morgan fingerprint density at radius 3 is 2.61 bits per heavy atom. The molecule has 0 aliphatic rings. The molecule has 0 radical (unpaired) electrons. The Morgan fingerprint density at radius 2 is 2.00 bits per heavy atom. The molecule has 0 unspecified atom stereocenters. The molecular formula is C11H8ClNO3S2. The van der Waals surface area contributed by atoms with E-state index >= 15 is 0 Å². The molecular weight excluding hydrogens is 294 g/mol. The van der Waals surface area contributed by atoms with Gasteiger partial charge in [-0.25, -0.2) is 13.1 Å². The lowest BCUT2D eigenvalue weighted by Gasteiger charge is -2.05. The van der Waals surface area contributed by atoms with Crippen LogP contribution >= 0.6 is 22.9 Å². The zero-order valence-corrected chi connectivity index (χ0v) is 11.3. The Kier molecular flexibility index (Phi) is 3.70. The first kappa shape index (κ1) is 13.1. The van der Waals surface area contributed by atoms with Crippen molar-refractivity contribution in [2.24, 2.45) is 0 Å². The highest BCUT2D eigenvalue weighted by atomic mass is 35.5. The number of carbonyl (C=O) groups excluding carboxylic acids is 1. The molecule has 1 amide bonds. The van der Waals surface area contributed by atoms with Crippen molar-refractivity contribution in [3.8, 4) is 0 Å². The molecule has 1 aromatic heterocycles. The van der Waals surface area contributed by atoms with Gasteiger partial charge in [0, 0.05) is 10.6 Å². The fraction of sp³-hybridized carbons (Fsp3) is 0. The summed E-state index contributed by atoms with van der Waals surface area (Å²) in [6, 6.07) is 9.11. The Balaban J connectivity index is 2.23. The summed E-state index contributed by atoms with van der Waals surface area (Å²) < 4.78 is 25.7. The Labute approximate surface area is 113 Å². The van der Waals surface area contributed by atoms with Crippen molar-refractivity contribution >= 4 is 38.9 Å². The average Bonchev–Trinajstić information content (AvgIpc) is 2.82. The van der Waals surface area contributed by atoms with Crippen LogP contribution in [0, 0.1) is 0 Å². The third-order valence-corrected chi connectivity index (χ3v) is 5.04. The highest BCUT2D eigenvalue weighted by molar-refractivity contribution is 7.92. The van der Waals surface area contributed by atoms with E-state index in [0.717, 1.165) is 11.3 Å². The van der Waals surface area contributed by atoms with Crippen molar-refractivity contribution in [2.75, 3.05) is 0 Å². The highest BCUT2D eigenvalue weighted by Gasteiger charge is 2.19. The topological polar surface area (TPSA) is 63.2 Å². The first-order valence-corrected chi connectivity index (χ1v) is 7.59. The summed E-state index contributed by atoms with van der Waals surface area (Å²) >= 11 is 6.77. The van der Waals surface area contributed by atoms with Gasteiger partial charge in [-0.05, 0) is 29.6 Å². The second kappa shape index (κ2) is 5.09. The van der Waals surface area contributed by atoms with Gasteiger partial charge in [-0.3, -0.25) is 4.79 Å². The number of hydrogen-bond donors (Lipinski definition) is 1. The van der Waals surface area contributed by atoms with E-state index in [-0.39, 0.29) is 9.77 Å². The lowest BCUT2D eigenvalue weighted by Crippen LogP contribution is -2.29. The number of sulfonamides is 1. The normalized spacial score (nSPS) is 11.2. The van der Waals surface area contributed by atoms with Crippen LogP contribution in [0.2, 0.25) is 5.02 Å². The van der Waals surface area contributed by atoms with Crippen molar-refractivity contribution in [3.63, 3.8) is 0 Å². The molecule has 2 aromatic rings. The quantitative estimate of drug-likeness (QED) is 0.947. The van der Waals surface area contributed by atoms with Crippen LogP contribution in [-0.4, -0.2) is 14.3 Å². The zero-order valence-electron chi connectivity index (χ0n) is 8.96. The number of nitrogens with one attached hydrogen (secondary N) is 1. The van der Waals surface area contributed by atoms with Gasteiger partial charge in [-0.2, -0.15) is 0 Å². The average molecular weight is 302 g/mol. The predicted octanol–water partition coefficient (Wildman–Crippen LogP) is 2.52. The molecule has 7 heteroatoms. The van der Waals surface area contributed by atoms with Crippen LogP contribution in [0.15, 0.2) is 46.0 Å². The van der Waals surface area contributed by atoms with Gasteiger partial charge in [-0.1, -0.05) is 23.7 Å². The highest BCUT2D eigenvalue weighted by Crippen LogP contribution is 2.16. The molecule has 94 valence electrons. The molecule has 0 atom stereocenters. The van der Waals surface area contributed by atoms with Gasteiger partial charge < -0.3 is 0 Å². The maximum atomic E-state index is 11.8. The van der Waals surface area contributed by atoms with E-state index in [2.05, 4.69) is 0 Å². The lowest BCUT2D eigenvalue weighted by molar-refractivity contribution is 0.0981. The molecule has 0 fully saturated rings. The summed E-state index contributed by atoms with van der Waals surface area (Å²) in [6.07, 6.45) is 0. The van der Waals surface area contributed by atoms with Crippen molar-refractivity contribution < 1.29 is 13.2 Å². The summed E-state index contributed by atoms with van der Waals surface area (Å²) in [5, 5.41) is 1.99. The van der Waals surface area contributed by atoms with Crippen LogP contribution in [0.25, 0.3) is 0 Å². The summed E-state index contributed by atoms with van der Waals surface area (Å²) in [5.74, 6) is -0.703. The minimum atomic E-state index is -3.80. The molecule has 18 heavy (non-hydrogen) atoms. The maximum Gasteiger partial charge on any atom is 0.273 e. The number of rotatable bonds is 3. The smallest absolute Gasteiger partial charge is 0.268 e. The van der Waals surface area contributed by atoms with Crippen molar-refractivity contribution in [1.29, 1.82) is 0 Å². The van der Waals surface area contributed by atoms with Crippen LogP contribution < -0.4 is 4.72 Å². The van der Waals surface area contributed by atoms with Gasteiger partial charge >= 0.3 is 0 Å². The van der Waals surface area contributed by atoms with Crippen LogP contribution in [0.1, 0.15) is 10.4 Å². The van der Waals surface area contributed by atoms with Crippen LogP contribution in [-0.2, 0) is 10.0 Å². The second-order valence-corrected chi connectivity index (χ2v) is 6.67. The predicted molar refractivity (Wildman–Crippen MR) is 70.4 cm³/mol. The Morgan fingerprint density at radius 1 is 1.22 bits per heavy atom. The molecule has 1 aromatic carbocycles. The van der Waals surface area contributed by atoms with Gasteiger partial charge in [0.2, 0.25) is 0 Å². The van der Waals surface area contributed by atoms with Crippen LogP contribution in [0.4, 0.5) is 0 Å². The third-order valence-electron chi connectivity index (χ3n) is 2.07. The molecule has 0 aliphatic carbocycles. The number of halogens is 1. The number of thiophene rings is 1. The van der Waals surface area contributed by atoms with E-state index in [4.69, 9.17) is 11.6 Å². The monoisotopic (exact) mass is 301 g/mol. The molecule has 0 bridgehead atoms. The number of hydrogen-bond acceptors (Lipinski definition) is 4. The van der Waals surface area contributed by atoms with Gasteiger partial charge in [0.05, 0.1) is 0 Å². The number of benzene rings is 1. The molecule has 0 saturated carbocycles. The molecule has 1 N–H and O–H groups in total. The summed E-state index contributed by atoms with van der Waals surface area (Å²) in [6.45, 7) is 0. The SMILES string of the molecule is O=C(NS(=O)(=O)c1cccs1)c1cccc(Cl)c1. The molecule has 2 rings (SSSR count). The van der Waals surface area contributed by atoms with Crippen molar-refractivity contribution in [1.82, 2.24) is 4.72 Å². The fourth-order valence-electron chi connectivity index (χ4n) is 1.28. The van der Waals surface area contributed by atoms with Gasteiger partial charge in [0.25, 0.3) is 15.9 Å². The van der Waals surface area contributed by atoms with E-state index in [1.54, 1.807) is 23.6 Å². The van der Waals surface area contributed by atoms with E-state index in [0.29, 0.717) is 5.02 Å². The largest absolute Gasteiger partial charge is 0.273 e. The summed E-state index contributed by atoms with van der Waals surface area (Å²) in [5.41, 5.74) is 0.197. The summed E-state index contributed by atoms with van der Waals surface area (Å²) in [7, 11) is -3.80. The second-order valence-electron chi connectivity index (χ2n) is 3.38. The lowest BCUT2D eigenvalue weighted by atomic mass is 10.2. The zero-order chi connectivity index (χ0) is 13.2. The molecule has 0 aliphatic heterocycles. The summed E-state index contributed by atoms with van der Waals surface area (Å²) in [4.78, 5) is 11.8. The Bertz CT molecular complexity index is 665. The van der Waals surface area contributed by atoms with E-state index in [9.17, 15) is 13.2 Å². The standard InChI is InChI=1S/C11H8ClNO3S2/c12-9-4-1-3-8(7-9)11(14)13-18(15,16)10-5-2-6-17-10/h1-7H,(H,13,14). The maximum absolute atomic E-state index is 11.8.